The second kappa shape index (κ2) is 7.35. The molecule has 0 radical (unpaired) electrons. The van der Waals surface area contributed by atoms with Crippen molar-refractivity contribution in [1.82, 2.24) is 4.90 Å². The highest BCUT2D eigenvalue weighted by molar-refractivity contribution is 7.92. The summed E-state index contributed by atoms with van der Waals surface area (Å²) in [5.74, 6) is 0.0411. The summed E-state index contributed by atoms with van der Waals surface area (Å²) in [7, 11) is -3.77. The maximum atomic E-state index is 12.7. The van der Waals surface area contributed by atoms with E-state index in [0.29, 0.717) is 16.3 Å². The number of carbonyl (C=O) groups excluding carboxylic acids is 1. The average molecular weight is 399 g/mol. The maximum Gasteiger partial charge on any atom is 0.262 e. The molecule has 1 aliphatic heterocycles. The molecule has 1 fully saturated rings. The van der Waals surface area contributed by atoms with Crippen LogP contribution in [0.5, 0.6) is 0 Å². The first-order valence-electron chi connectivity index (χ1n) is 8.00. The van der Waals surface area contributed by atoms with Crippen molar-refractivity contribution in [1.29, 1.82) is 0 Å². The Hall–Kier alpha value is -1.57. The fraction of sp³-hybridized carbons (Fsp3) is 0.353. The quantitative estimate of drug-likeness (QED) is 0.835. The van der Waals surface area contributed by atoms with Crippen LogP contribution in [0.4, 0.5) is 5.69 Å². The van der Waals surface area contributed by atoms with Crippen LogP contribution in [-0.4, -0.2) is 32.3 Å². The molecule has 2 heterocycles. The number of nitrogens with zero attached hydrogens (tertiary/aromatic N) is 1. The largest absolute Gasteiger partial charge is 0.342 e. The van der Waals surface area contributed by atoms with Crippen LogP contribution in [0, 0.1) is 6.92 Å². The third-order valence-corrected chi connectivity index (χ3v) is 7.11. The first-order chi connectivity index (χ1) is 11.9. The highest BCUT2D eigenvalue weighted by atomic mass is 35.5. The predicted octanol–water partition coefficient (Wildman–Crippen LogP) is 3.68. The van der Waals surface area contributed by atoms with E-state index in [4.69, 9.17) is 11.6 Å². The third-order valence-electron chi connectivity index (χ3n) is 4.27. The summed E-state index contributed by atoms with van der Waals surface area (Å²) in [6.07, 6.45) is 2.28. The van der Waals surface area contributed by atoms with Gasteiger partial charge >= 0.3 is 0 Å². The normalized spacial score (nSPS) is 14.7. The minimum atomic E-state index is -3.77. The summed E-state index contributed by atoms with van der Waals surface area (Å²) >= 11 is 7.41. The lowest BCUT2D eigenvalue weighted by molar-refractivity contribution is -0.129. The first kappa shape index (κ1) is 18.2. The van der Waals surface area contributed by atoms with Crippen LogP contribution in [0.25, 0.3) is 0 Å². The molecule has 1 N–H and O–H groups in total. The Morgan fingerprint density at radius 3 is 2.72 bits per heavy atom. The van der Waals surface area contributed by atoms with Crippen molar-refractivity contribution in [2.45, 2.75) is 31.1 Å². The van der Waals surface area contributed by atoms with E-state index in [-0.39, 0.29) is 17.2 Å². The number of sulfonamides is 1. The molecular formula is C17H19ClN2O3S2. The molecule has 134 valence electrons. The smallest absolute Gasteiger partial charge is 0.262 e. The molecule has 1 saturated heterocycles. The number of benzene rings is 1. The number of nitrogens with one attached hydrogen (secondary N) is 1. The third kappa shape index (κ3) is 3.99. The van der Waals surface area contributed by atoms with E-state index >= 15 is 0 Å². The number of amides is 1. The number of hydrogen-bond acceptors (Lipinski definition) is 4. The van der Waals surface area contributed by atoms with E-state index in [9.17, 15) is 13.2 Å². The summed E-state index contributed by atoms with van der Waals surface area (Å²) in [5.41, 5.74) is 0.957. The summed E-state index contributed by atoms with van der Waals surface area (Å²) in [6.45, 7) is 3.24. The Kier molecular flexibility index (Phi) is 5.36. The Balaban J connectivity index is 1.80. The number of likely N-dealkylation sites (tertiary alicyclic amines) is 1. The van der Waals surface area contributed by atoms with Crippen LogP contribution in [0.15, 0.2) is 34.5 Å². The Morgan fingerprint density at radius 1 is 1.28 bits per heavy atom. The number of thiophene rings is 1. The van der Waals surface area contributed by atoms with Crippen LogP contribution >= 0.6 is 22.9 Å². The summed E-state index contributed by atoms with van der Waals surface area (Å²) < 4.78 is 28.0. The zero-order valence-corrected chi connectivity index (χ0v) is 16.2. The monoisotopic (exact) mass is 398 g/mol. The van der Waals surface area contributed by atoms with Gasteiger partial charge in [-0.3, -0.25) is 9.52 Å². The highest BCUT2D eigenvalue weighted by Crippen LogP contribution is 2.29. The van der Waals surface area contributed by atoms with E-state index < -0.39 is 10.0 Å². The van der Waals surface area contributed by atoms with Gasteiger partial charge in [0, 0.05) is 23.0 Å². The summed E-state index contributed by atoms with van der Waals surface area (Å²) in [5, 5.41) is 2.19. The van der Waals surface area contributed by atoms with E-state index in [1.54, 1.807) is 30.5 Å². The van der Waals surface area contributed by atoms with Gasteiger partial charge in [0.05, 0.1) is 17.0 Å². The molecule has 0 spiro atoms. The molecule has 1 amide bonds. The molecule has 8 heteroatoms. The molecular weight excluding hydrogens is 380 g/mol. The topological polar surface area (TPSA) is 66.5 Å². The molecule has 25 heavy (non-hydrogen) atoms. The molecule has 1 aliphatic rings. The Morgan fingerprint density at radius 2 is 2.00 bits per heavy atom. The first-order valence-corrected chi connectivity index (χ1v) is 10.7. The Labute approximate surface area is 156 Å². The van der Waals surface area contributed by atoms with Gasteiger partial charge in [-0.1, -0.05) is 17.7 Å². The second-order valence-corrected chi connectivity index (χ2v) is 9.05. The molecule has 5 nitrogen and oxygen atoms in total. The van der Waals surface area contributed by atoms with E-state index in [1.165, 1.54) is 17.4 Å². The van der Waals surface area contributed by atoms with Crippen molar-refractivity contribution in [2.24, 2.45) is 0 Å². The number of anilines is 1. The van der Waals surface area contributed by atoms with Gasteiger partial charge in [-0.05, 0) is 48.9 Å². The molecule has 1 aromatic carbocycles. The molecule has 0 atom stereocenters. The van der Waals surface area contributed by atoms with E-state index in [1.807, 2.05) is 4.90 Å². The zero-order valence-electron chi connectivity index (χ0n) is 13.8. The van der Waals surface area contributed by atoms with Crippen molar-refractivity contribution in [3.63, 3.8) is 0 Å². The molecule has 0 bridgehead atoms. The molecule has 3 rings (SSSR count). The van der Waals surface area contributed by atoms with Crippen LogP contribution < -0.4 is 4.72 Å². The van der Waals surface area contributed by atoms with Crippen molar-refractivity contribution in [2.75, 3.05) is 17.8 Å². The van der Waals surface area contributed by atoms with Crippen LogP contribution in [0.3, 0.4) is 0 Å². The molecule has 2 aromatic rings. The lowest BCUT2D eigenvalue weighted by atomic mass is 10.2. The molecule has 1 aromatic heterocycles. The lowest BCUT2D eigenvalue weighted by Gasteiger charge is -2.16. The standard InChI is InChI=1S/C17H19ClN2O3S2/c1-12-13(18)5-4-6-16(12)25(22,23)19-14-7-10-24-15(14)11-17(21)20-8-2-3-9-20/h4-7,10,19H,2-3,8-9,11H2,1H3. The Bertz CT molecular complexity index is 887. The maximum absolute atomic E-state index is 12.7. The van der Waals surface area contributed by atoms with Crippen molar-refractivity contribution in [3.8, 4) is 0 Å². The molecule has 0 saturated carbocycles. The fourth-order valence-electron chi connectivity index (χ4n) is 2.86. The SMILES string of the molecule is Cc1c(Cl)cccc1S(=O)(=O)Nc1ccsc1CC(=O)N1CCCC1. The lowest BCUT2D eigenvalue weighted by Crippen LogP contribution is -2.29. The van der Waals surface area contributed by atoms with Gasteiger partial charge in [-0.2, -0.15) is 0 Å². The van der Waals surface area contributed by atoms with Crippen LogP contribution in [-0.2, 0) is 21.2 Å². The van der Waals surface area contributed by atoms with Crippen molar-refractivity contribution < 1.29 is 13.2 Å². The minimum absolute atomic E-state index is 0.0411. The number of hydrogen-bond donors (Lipinski definition) is 1. The minimum Gasteiger partial charge on any atom is -0.342 e. The van der Waals surface area contributed by atoms with Gasteiger partial charge < -0.3 is 4.90 Å². The van der Waals surface area contributed by atoms with Gasteiger partial charge in [0.1, 0.15) is 0 Å². The predicted molar refractivity (Wildman–Crippen MR) is 101 cm³/mol. The highest BCUT2D eigenvalue weighted by Gasteiger charge is 2.23. The van der Waals surface area contributed by atoms with Crippen LogP contribution in [0.2, 0.25) is 5.02 Å². The summed E-state index contributed by atoms with van der Waals surface area (Å²) in [4.78, 5) is 15.0. The summed E-state index contributed by atoms with van der Waals surface area (Å²) in [6, 6.07) is 6.47. The fourth-order valence-corrected chi connectivity index (χ4v) is 5.34. The van der Waals surface area contributed by atoms with Gasteiger partial charge in [0.2, 0.25) is 5.91 Å². The van der Waals surface area contributed by atoms with Crippen molar-refractivity contribution in [3.05, 3.63) is 45.1 Å². The molecule has 0 unspecified atom stereocenters. The van der Waals surface area contributed by atoms with E-state index in [0.717, 1.165) is 30.8 Å². The number of halogens is 1. The van der Waals surface area contributed by atoms with E-state index in [2.05, 4.69) is 4.72 Å². The number of rotatable bonds is 5. The molecule has 0 aliphatic carbocycles. The van der Waals surface area contributed by atoms with Crippen molar-refractivity contribution >= 4 is 44.6 Å². The van der Waals surface area contributed by atoms with Gasteiger partial charge in [-0.25, -0.2) is 8.42 Å². The second-order valence-electron chi connectivity index (χ2n) is 5.99. The van der Waals surface area contributed by atoms with Gasteiger partial charge in [0.15, 0.2) is 0 Å². The number of carbonyl (C=O) groups is 1. The van der Waals surface area contributed by atoms with Gasteiger partial charge in [-0.15, -0.1) is 11.3 Å². The zero-order chi connectivity index (χ0) is 18.0. The van der Waals surface area contributed by atoms with Crippen LogP contribution in [0.1, 0.15) is 23.3 Å². The average Bonchev–Trinajstić information content (AvgIpc) is 3.22. The van der Waals surface area contributed by atoms with Gasteiger partial charge in [0.25, 0.3) is 10.0 Å².